The van der Waals surface area contributed by atoms with Gasteiger partial charge in [-0.3, -0.25) is 4.79 Å². The first-order valence-electron chi connectivity index (χ1n) is 5.22. The van der Waals surface area contributed by atoms with Gasteiger partial charge in [0.2, 0.25) is 0 Å². The molecule has 0 spiro atoms. The number of nitriles is 1. The molecule has 3 heteroatoms. The molecule has 0 radical (unpaired) electrons. The van der Waals surface area contributed by atoms with Crippen molar-refractivity contribution in [1.29, 1.82) is 5.26 Å². The number of rotatable bonds is 3. The average Bonchev–Trinajstić information content (AvgIpc) is 2.27. The summed E-state index contributed by atoms with van der Waals surface area (Å²) < 4.78 is 5.12. The van der Waals surface area contributed by atoms with Crippen molar-refractivity contribution in [1.82, 2.24) is 0 Å². The van der Waals surface area contributed by atoms with Gasteiger partial charge >= 0.3 is 5.97 Å². The zero-order valence-corrected chi connectivity index (χ0v) is 9.73. The van der Waals surface area contributed by atoms with Crippen LogP contribution in [-0.4, -0.2) is 12.1 Å². The second kappa shape index (κ2) is 5.32. The summed E-state index contributed by atoms with van der Waals surface area (Å²) >= 11 is 0. The van der Waals surface area contributed by atoms with Gasteiger partial charge in [-0.2, -0.15) is 5.26 Å². The largest absolute Gasteiger partial charge is 0.462 e. The number of carbonyl (C=O) groups excluding carboxylic acids is 1. The number of carbonyl (C=O) groups is 1. The van der Waals surface area contributed by atoms with E-state index in [0.717, 1.165) is 5.56 Å². The SMILES string of the molecule is CC(=O)O[C@H](C)[C@@H](C)c1cccc(C#N)c1. The van der Waals surface area contributed by atoms with Gasteiger partial charge in [0, 0.05) is 12.8 Å². The highest BCUT2D eigenvalue weighted by molar-refractivity contribution is 5.66. The molecule has 0 heterocycles. The van der Waals surface area contributed by atoms with Gasteiger partial charge in [-0.15, -0.1) is 0 Å². The minimum absolute atomic E-state index is 0.0807. The molecule has 1 aromatic rings. The number of ether oxygens (including phenoxy) is 1. The number of hydrogen-bond donors (Lipinski definition) is 0. The van der Waals surface area contributed by atoms with E-state index in [1.54, 1.807) is 6.07 Å². The smallest absolute Gasteiger partial charge is 0.302 e. The van der Waals surface area contributed by atoms with Gasteiger partial charge in [-0.1, -0.05) is 19.1 Å². The molecule has 1 aromatic carbocycles. The molecule has 16 heavy (non-hydrogen) atoms. The molecule has 0 aliphatic rings. The monoisotopic (exact) mass is 217 g/mol. The van der Waals surface area contributed by atoms with Crippen LogP contribution in [0.3, 0.4) is 0 Å². The minimum Gasteiger partial charge on any atom is -0.462 e. The van der Waals surface area contributed by atoms with Crippen LogP contribution in [0.1, 0.15) is 37.8 Å². The van der Waals surface area contributed by atoms with E-state index in [2.05, 4.69) is 6.07 Å². The topological polar surface area (TPSA) is 50.1 Å². The lowest BCUT2D eigenvalue weighted by atomic mass is 9.95. The summed E-state index contributed by atoms with van der Waals surface area (Å²) in [4.78, 5) is 10.8. The van der Waals surface area contributed by atoms with Gasteiger partial charge in [0.25, 0.3) is 0 Å². The maximum absolute atomic E-state index is 10.8. The lowest BCUT2D eigenvalue weighted by Crippen LogP contribution is -2.19. The second-order valence-electron chi connectivity index (χ2n) is 3.84. The van der Waals surface area contributed by atoms with Crippen LogP contribution in [0.2, 0.25) is 0 Å². The molecule has 1 rings (SSSR count). The molecule has 0 aliphatic heterocycles. The maximum atomic E-state index is 10.8. The van der Waals surface area contributed by atoms with E-state index < -0.39 is 0 Å². The molecule has 0 amide bonds. The standard InChI is InChI=1S/C13H15NO2/c1-9(10(2)16-11(3)15)13-6-4-5-12(7-13)8-14/h4-7,9-10H,1-3H3/t9-,10-/m1/s1. The number of esters is 1. The summed E-state index contributed by atoms with van der Waals surface area (Å²) in [7, 11) is 0. The maximum Gasteiger partial charge on any atom is 0.302 e. The third-order valence-electron chi connectivity index (χ3n) is 2.60. The summed E-state index contributed by atoms with van der Waals surface area (Å²) in [5, 5.41) is 8.79. The minimum atomic E-state index is -0.282. The highest BCUT2D eigenvalue weighted by atomic mass is 16.5. The summed E-state index contributed by atoms with van der Waals surface area (Å²) in [6, 6.07) is 9.45. The molecule has 0 unspecified atom stereocenters. The molecule has 0 N–H and O–H groups in total. The molecular formula is C13H15NO2. The Labute approximate surface area is 95.7 Å². The molecule has 3 nitrogen and oxygen atoms in total. The molecule has 0 aromatic heterocycles. The fourth-order valence-electron chi connectivity index (χ4n) is 1.53. The van der Waals surface area contributed by atoms with Crippen LogP contribution < -0.4 is 0 Å². The fraction of sp³-hybridized carbons (Fsp3) is 0.385. The molecule has 0 saturated carbocycles. The van der Waals surface area contributed by atoms with Crippen molar-refractivity contribution in [2.24, 2.45) is 0 Å². The van der Waals surface area contributed by atoms with Crippen molar-refractivity contribution in [3.8, 4) is 6.07 Å². The summed E-state index contributed by atoms with van der Waals surface area (Å²) in [6.07, 6.45) is -0.188. The van der Waals surface area contributed by atoms with E-state index in [-0.39, 0.29) is 18.0 Å². The predicted molar refractivity (Wildman–Crippen MR) is 60.8 cm³/mol. The lowest BCUT2D eigenvalue weighted by Gasteiger charge is -2.20. The van der Waals surface area contributed by atoms with Crippen LogP contribution in [-0.2, 0) is 9.53 Å². The Morgan fingerprint density at radius 3 is 2.69 bits per heavy atom. The van der Waals surface area contributed by atoms with E-state index in [1.807, 2.05) is 32.0 Å². The highest BCUT2D eigenvalue weighted by Crippen LogP contribution is 2.22. The van der Waals surface area contributed by atoms with Crippen LogP contribution in [0, 0.1) is 11.3 Å². The first-order chi connectivity index (χ1) is 7.54. The zero-order valence-electron chi connectivity index (χ0n) is 9.73. The Bertz CT molecular complexity index is 420. The molecule has 0 saturated heterocycles. The van der Waals surface area contributed by atoms with Crippen molar-refractivity contribution in [3.63, 3.8) is 0 Å². The first-order valence-corrected chi connectivity index (χ1v) is 5.22. The Morgan fingerprint density at radius 2 is 2.12 bits per heavy atom. The number of nitrogens with zero attached hydrogens (tertiary/aromatic N) is 1. The van der Waals surface area contributed by atoms with Gasteiger partial charge in [0.1, 0.15) is 6.10 Å². The normalized spacial score (nSPS) is 13.6. The molecule has 0 fully saturated rings. The van der Waals surface area contributed by atoms with Crippen molar-refractivity contribution in [2.75, 3.05) is 0 Å². The van der Waals surface area contributed by atoms with Gasteiger partial charge in [0.05, 0.1) is 11.6 Å². The van der Waals surface area contributed by atoms with Gasteiger partial charge in [0.15, 0.2) is 0 Å². The van der Waals surface area contributed by atoms with E-state index in [1.165, 1.54) is 6.92 Å². The quantitative estimate of drug-likeness (QED) is 0.731. The van der Waals surface area contributed by atoms with Crippen LogP contribution in [0.5, 0.6) is 0 Å². The third kappa shape index (κ3) is 3.09. The van der Waals surface area contributed by atoms with Crippen molar-refractivity contribution >= 4 is 5.97 Å². The zero-order chi connectivity index (χ0) is 12.1. The van der Waals surface area contributed by atoms with E-state index in [9.17, 15) is 4.79 Å². The molecular weight excluding hydrogens is 202 g/mol. The van der Waals surface area contributed by atoms with Crippen molar-refractivity contribution in [2.45, 2.75) is 32.8 Å². The number of hydrogen-bond acceptors (Lipinski definition) is 3. The van der Waals surface area contributed by atoms with Crippen LogP contribution in [0.4, 0.5) is 0 Å². The highest BCUT2D eigenvalue weighted by Gasteiger charge is 2.17. The molecule has 84 valence electrons. The van der Waals surface area contributed by atoms with Gasteiger partial charge in [-0.25, -0.2) is 0 Å². The molecule has 0 aliphatic carbocycles. The third-order valence-corrected chi connectivity index (χ3v) is 2.60. The Kier molecular flexibility index (Phi) is 4.07. The summed E-state index contributed by atoms with van der Waals surface area (Å²) in [6.45, 7) is 5.23. The first kappa shape index (κ1) is 12.3. The number of benzene rings is 1. The lowest BCUT2D eigenvalue weighted by molar-refractivity contribution is -0.146. The summed E-state index contributed by atoms with van der Waals surface area (Å²) in [5.41, 5.74) is 1.63. The Hall–Kier alpha value is -1.82. The Morgan fingerprint density at radius 1 is 1.44 bits per heavy atom. The van der Waals surface area contributed by atoms with Crippen LogP contribution in [0.25, 0.3) is 0 Å². The summed E-state index contributed by atoms with van der Waals surface area (Å²) in [5.74, 6) is -0.201. The van der Waals surface area contributed by atoms with E-state index in [0.29, 0.717) is 5.56 Å². The Balaban J connectivity index is 2.83. The van der Waals surface area contributed by atoms with Crippen LogP contribution >= 0.6 is 0 Å². The average molecular weight is 217 g/mol. The fourth-order valence-corrected chi connectivity index (χ4v) is 1.53. The van der Waals surface area contributed by atoms with Gasteiger partial charge in [-0.05, 0) is 24.6 Å². The second-order valence-corrected chi connectivity index (χ2v) is 3.84. The molecule has 2 atom stereocenters. The van der Waals surface area contributed by atoms with E-state index >= 15 is 0 Å². The predicted octanol–water partition coefficient (Wildman–Crippen LogP) is 2.61. The molecule has 0 bridgehead atoms. The van der Waals surface area contributed by atoms with Crippen molar-refractivity contribution in [3.05, 3.63) is 35.4 Å². The van der Waals surface area contributed by atoms with E-state index in [4.69, 9.17) is 10.00 Å². The van der Waals surface area contributed by atoms with Crippen LogP contribution in [0.15, 0.2) is 24.3 Å². The van der Waals surface area contributed by atoms with Gasteiger partial charge < -0.3 is 4.74 Å². The van der Waals surface area contributed by atoms with Crippen molar-refractivity contribution < 1.29 is 9.53 Å².